The summed E-state index contributed by atoms with van der Waals surface area (Å²) in [6.07, 6.45) is 23.8. The molecule has 0 aliphatic carbocycles. The molecule has 0 fully saturated rings. The van der Waals surface area contributed by atoms with Crippen LogP contribution < -0.4 is 0 Å². The lowest BCUT2D eigenvalue weighted by molar-refractivity contribution is 0.307. The molecule has 0 aliphatic heterocycles. The van der Waals surface area contributed by atoms with Crippen molar-refractivity contribution in [3.05, 3.63) is 0 Å². The number of unbranched alkanes of at least 4 members (excludes halogenated alkanes) is 14. The van der Waals surface area contributed by atoms with Gasteiger partial charge in [0.05, 0.1) is 6.61 Å². The second-order valence-corrected chi connectivity index (χ2v) is 16.5. The highest BCUT2D eigenvalue weighted by Gasteiger charge is 2.13. The Kier molecular flexibility index (Phi) is 23.4. The zero-order chi connectivity index (χ0) is 23.2. The van der Waals surface area contributed by atoms with Crippen LogP contribution in [0.3, 0.4) is 0 Å². The summed E-state index contributed by atoms with van der Waals surface area (Å²) >= 11 is 6.80. The smallest absolute Gasteiger partial charge is 0.244 e. The van der Waals surface area contributed by atoms with Crippen molar-refractivity contribution in [1.29, 1.82) is 0 Å². The quantitative estimate of drug-likeness (QED) is 0.107. The molecule has 1 N–H and O–H groups in total. The van der Waals surface area contributed by atoms with Crippen molar-refractivity contribution in [1.82, 2.24) is 0 Å². The molecular weight excluding hydrogens is 439 g/mol. The number of hydrogen-bond acceptors (Lipinski definition) is 3. The minimum atomic E-state index is -2.61. The van der Waals surface area contributed by atoms with Gasteiger partial charge in [0.1, 0.15) is 0 Å². The molecule has 0 radical (unpaired) electrons. The van der Waals surface area contributed by atoms with E-state index < -0.39 is 5.69 Å². The average molecular weight is 495 g/mol. The molecule has 0 bridgehead atoms. The molecule has 31 heavy (non-hydrogen) atoms. The number of rotatable bonds is 24. The lowest BCUT2D eigenvalue weighted by Crippen LogP contribution is -1.92. The fourth-order valence-corrected chi connectivity index (χ4v) is 7.25. The van der Waals surface area contributed by atoms with Crippen LogP contribution in [0.25, 0.3) is 0 Å². The Morgan fingerprint density at radius 2 is 0.968 bits per heavy atom. The molecule has 1 unspecified atom stereocenters. The molecule has 0 heterocycles. The van der Waals surface area contributed by atoms with Gasteiger partial charge in [-0.05, 0) is 36.5 Å². The summed E-state index contributed by atoms with van der Waals surface area (Å²) in [5.41, 5.74) is -2.61. The lowest BCUT2D eigenvalue weighted by Gasteiger charge is -2.15. The van der Waals surface area contributed by atoms with Crippen molar-refractivity contribution in [2.45, 2.75) is 143 Å². The van der Waals surface area contributed by atoms with E-state index in [1.54, 1.807) is 0 Å². The molecule has 0 aliphatic rings. The lowest BCUT2D eigenvalue weighted by atomic mass is 10.0. The third-order valence-electron chi connectivity index (χ3n) is 5.86. The van der Waals surface area contributed by atoms with Gasteiger partial charge < -0.3 is 9.42 Å². The average Bonchev–Trinajstić information content (AvgIpc) is 2.69. The van der Waals surface area contributed by atoms with E-state index >= 15 is 0 Å². The van der Waals surface area contributed by atoms with Crippen molar-refractivity contribution < 1.29 is 9.42 Å². The van der Waals surface area contributed by atoms with E-state index in [1.165, 1.54) is 114 Å². The van der Waals surface area contributed by atoms with Crippen LogP contribution in [0.4, 0.5) is 0 Å². The van der Waals surface area contributed by atoms with Gasteiger partial charge in [-0.3, -0.25) is 0 Å². The second-order valence-electron chi connectivity index (χ2n) is 10.2. The monoisotopic (exact) mass is 494 g/mol. The fourth-order valence-electron chi connectivity index (χ4n) is 3.83. The van der Waals surface area contributed by atoms with E-state index in [2.05, 4.69) is 27.7 Å². The van der Waals surface area contributed by atoms with Gasteiger partial charge >= 0.3 is 0 Å². The Hall–Kier alpha value is 0.920. The van der Waals surface area contributed by atoms with E-state index in [0.717, 1.165) is 30.4 Å². The van der Waals surface area contributed by atoms with Gasteiger partial charge in [-0.1, -0.05) is 142 Å². The van der Waals surface area contributed by atoms with E-state index in [-0.39, 0.29) is 0 Å². The van der Waals surface area contributed by atoms with Gasteiger partial charge in [-0.25, -0.2) is 0 Å². The largest absolute Gasteiger partial charge is 0.337 e. The first kappa shape index (κ1) is 31.9. The summed E-state index contributed by atoms with van der Waals surface area (Å²) in [6, 6.07) is 0. The molecule has 0 aromatic rings. The van der Waals surface area contributed by atoms with Gasteiger partial charge in [0.15, 0.2) is 0 Å². The van der Waals surface area contributed by atoms with E-state index in [0.29, 0.717) is 6.61 Å². The Morgan fingerprint density at radius 1 is 0.613 bits per heavy atom. The molecule has 0 aromatic heterocycles. The first-order valence-corrected chi connectivity index (χ1v) is 17.7. The fraction of sp³-hybridized carbons (Fsp3) is 1.00. The maximum absolute atomic E-state index is 10.3. The highest BCUT2D eigenvalue weighted by atomic mass is 32.9. The summed E-state index contributed by atoms with van der Waals surface area (Å²) < 4.78 is 5.66. The van der Waals surface area contributed by atoms with Crippen LogP contribution in [0, 0.1) is 11.8 Å². The molecule has 0 saturated heterocycles. The Bertz CT molecular complexity index is 382. The van der Waals surface area contributed by atoms with E-state index in [1.807, 2.05) is 0 Å². The zero-order valence-electron chi connectivity index (χ0n) is 21.4. The van der Waals surface area contributed by atoms with E-state index in [9.17, 15) is 4.89 Å². The van der Waals surface area contributed by atoms with E-state index in [4.69, 9.17) is 16.3 Å². The highest BCUT2D eigenvalue weighted by Crippen LogP contribution is 2.56. The van der Waals surface area contributed by atoms with Crippen LogP contribution in [0.2, 0.25) is 0 Å². The second kappa shape index (κ2) is 22.7. The Labute approximate surface area is 205 Å². The first-order chi connectivity index (χ1) is 14.8. The molecule has 0 amide bonds. The maximum atomic E-state index is 10.3. The molecule has 1 atom stereocenters. The molecule has 0 saturated carbocycles. The van der Waals surface area contributed by atoms with Gasteiger partial charge in [-0.15, -0.1) is 0 Å². The minimum absolute atomic E-state index is 0.631. The standard InChI is InChI=1S/C26H55O2PS2/c1-25(2)21-17-13-9-5-7-11-15-19-23-28-29(27,30)31-24-20-16-12-8-6-10-14-18-22-26(3)4/h25-26H,5-24H2,1-4H3,(H,27,30). The van der Waals surface area contributed by atoms with Crippen LogP contribution in [-0.4, -0.2) is 17.3 Å². The third kappa shape index (κ3) is 27.0. The molecule has 0 rings (SSSR count). The van der Waals surface area contributed by atoms with Gasteiger partial charge in [0, 0.05) is 5.75 Å². The third-order valence-corrected chi connectivity index (χ3v) is 10.3. The van der Waals surface area contributed by atoms with Crippen molar-refractivity contribution in [2.75, 3.05) is 12.4 Å². The summed E-state index contributed by atoms with van der Waals surface area (Å²) in [7, 11) is 0. The molecule has 188 valence electrons. The molecule has 2 nitrogen and oxygen atoms in total. The van der Waals surface area contributed by atoms with Crippen LogP contribution in [0.5, 0.6) is 0 Å². The maximum Gasteiger partial charge on any atom is 0.244 e. The molecular formula is C26H55O2PS2. The highest BCUT2D eigenvalue weighted by molar-refractivity contribution is 8.67. The van der Waals surface area contributed by atoms with Crippen LogP contribution >= 0.6 is 17.1 Å². The Balaban J connectivity index is 3.34. The van der Waals surface area contributed by atoms with Gasteiger partial charge in [0.2, 0.25) is 5.69 Å². The molecule has 0 spiro atoms. The first-order valence-electron chi connectivity index (χ1n) is 13.5. The van der Waals surface area contributed by atoms with Crippen molar-refractivity contribution in [2.24, 2.45) is 11.8 Å². The Morgan fingerprint density at radius 3 is 1.39 bits per heavy atom. The van der Waals surface area contributed by atoms with Gasteiger partial charge in [0.25, 0.3) is 0 Å². The summed E-state index contributed by atoms with van der Waals surface area (Å²) in [5.74, 6) is 2.65. The van der Waals surface area contributed by atoms with Crippen molar-refractivity contribution in [3.8, 4) is 0 Å². The summed E-state index contributed by atoms with van der Waals surface area (Å²) in [5, 5.41) is 0. The topological polar surface area (TPSA) is 29.5 Å². The van der Waals surface area contributed by atoms with Crippen LogP contribution in [0.1, 0.15) is 143 Å². The van der Waals surface area contributed by atoms with Gasteiger partial charge in [-0.2, -0.15) is 0 Å². The summed E-state index contributed by atoms with van der Waals surface area (Å²) in [6.45, 7) is 9.88. The van der Waals surface area contributed by atoms with Crippen LogP contribution in [0.15, 0.2) is 0 Å². The molecule has 5 heteroatoms. The van der Waals surface area contributed by atoms with Crippen molar-refractivity contribution >= 4 is 28.9 Å². The SMILES string of the molecule is CC(C)CCCCCCCCCCOP(O)(=S)SCCCCCCCCCCC(C)C. The summed E-state index contributed by atoms with van der Waals surface area (Å²) in [4.78, 5) is 10.3. The predicted molar refractivity (Wildman–Crippen MR) is 148 cm³/mol. The van der Waals surface area contributed by atoms with Crippen molar-refractivity contribution in [3.63, 3.8) is 0 Å². The number of hydrogen-bond donors (Lipinski definition) is 1. The zero-order valence-corrected chi connectivity index (χ0v) is 23.9. The normalized spacial score (nSPS) is 13.9. The minimum Gasteiger partial charge on any atom is -0.337 e. The predicted octanol–water partition coefficient (Wildman–Crippen LogP) is 10.3. The van der Waals surface area contributed by atoms with Crippen LogP contribution in [-0.2, 0) is 16.3 Å². The molecule has 0 aromatic carbocycles.